The van der Waals surface area contributed by atoms with E-state index < -0.39 is 0 Å². The van der Waals surface area contributed by atoms with E-state index in [1.54, 1.807) is 0 Å². The molecule has 0 aromatic carbocycles. The number of aromatic nitrogens is 3. The van der Waals surface area contributed by atoms with Gasteiger partial charge in [0.25, 0.3) is 0 Å². The fraction of sp³-hybridized carbons (Fsp3) is 0.500. The van der Waals surface area contributed by atoms with E-state index in [2.05, 4.69) is 20.9 Å². The fourth-order valence-electron chi connectivity index (χ4n) is 0.501. The summed E-state index contributed by atoms with van der Waals surface area (Å²) in [4.78, 5) is 4.00. The Labute approximate surface area is 47.1 Å². The van der Waals surface area contributed by atoms with E-state index in [9.17, 15) is 0 Å². The third-order valence-corrected chi connectivity index (χ3v) is 0.867. The van der Waals surface area contributed by atoms with Crippen molar-refractivity contribution < 1.29 is 5.73 Å². The van der Waals surface area contributed by atoms with Crippen LogP contribution in [0.2, 0.25) is 0 Å². The molecule has 1 aromatic rings. The molecule has 1 heterocycles. The van der Waals surface area contributed by atoms with E-state index in [1.807, 2.05) is 6.92 Å². The quantitative estimate of drug-likeness (QED) is 0.483. The number of H-pyrrole nitrogens is 1. The molecule has 1 aromatic heterocycles. The summed E-state index contributed by atoms with van der Waals surface area (Å²) in [5.74, 6) is 1.63. The number of nitrogens with zero attached hydrogens (tertiary/aromatic N) is 2. The molecule has 0 aliphatic rings. The molecule has 0 unspecified atom stereocenters. The van der Waals surface area contributed by atoms with Crippen molar-refractivity contribution in [1.82, 2.24) is 15.2 Å². The molecular formula is C4H9N4+. The minimum absolute atomic E-state index is 0.657. The van der Waals surface area contributed by atoms with Crippen LogP contribution in [-0.4, -0.2) is 15.2 Å². The van der Waals surface area contributed by atoms with Crippen molar-refractivity contribution in [2.45, 2.75) is 13.5 Å². The number of nitrogens with one attached hydrogen (secondary N) is 1. The summed E-state index contributed by atoms with van der Waals surface area (Å²) < 4.78 is 0. The van der Waals surface area contributed by atoms with Crippen molar-refractivity contribution in [3.05, 3.63) is 11.6 Å². The minimum Gasteiger partial charge on any atom is -0.351 e. The average molecular weight is 113 g/mol. The van der Waals surface area contributed by atoms with Gasteiger partial charge in [-0.1, -0.05) is 0 Å². The molecule has 0 fully saturated rings. The molecule has 44 valence electrons. The topological polar surface area (TPSA) is 69.2 Å². The van der Waals surface area contributed by atoms with Gasteiger partial charge in [0.15, 0.2) is 0 Å². The summed E-state index contributed by atoms with van der Waals surface area (Å²) in [6, 6.07) is 0. The standard InChI is InChI=1S/C4H8N4/c1-3-6-4(2-5)8-7-3/h2,5H2,1H3,(H,6,7,8)/p+1. The lowest BCUT2D eigenvalue weighted by Crippen LogP contribution is -2.48. The summed E-state index contributed by atoms with van der Waals surface area (Å²) in [6.07, 6.45) is 0. The summed E-state index contributed by atoms with van der Waals surface area (Å²) in [7, 11) is 0. The second-order valence-electron chi connectivity index (χ2n) is 1.59. The number of quaternary nitrogens is 1. The molecule has 0 radical (unpaired) electrons. The van der Waals surface area contributed by atoms with E-state index in [-0.39, 0.29) is 0 Å². The van der Waals surface area contributed by atoms with Crippen LogP contribution in [0.5, 0.6) is 0 Å². The van der Waals surface area contributed by atoms with Gasteiger partial charge in [-0.05, 0) is 6.92 Å². The Morgan fingerprint density at radius 1 is 1.75 bits per heavy atom. The predicted octanol–water partition coefficient (Wildman–Crippen LogP) is -1.14. The first kappa shape index (κ1) is 5.24. The van der Waals surface area contributed by atoms with Gasteiger partial charge in [-0.3, -0.25) is 5.10 Å². The third kappa shape index (κ3) is 0.840. The van der Waals surface area contributed by atoms with Gasteiger partial charge in [0, 0.05) is 0 Å². The van der Waals surface area contributed by atoms with Gasteiger partial charge < -0.3 is 5.73 Å². The molecule has 4 nitrogen and oxygen atoms in total. The van der Waals surface area contributed by atoms with Gasteiger partial charge in [-0.15, -0.1) is 0 Å². The molecule has 4 heteroatoms. The molecular weight excluding hydrogens is 104 g/mol. The second-order valence-corrected chi connectivity index (χ2v) is 1.59. The Bertz CT molecular complexity index is 168. The monoisotopic (exact) mass is 113 g/mol. The van der Waals surface area contributed by atoms with Crippen LogP contribution in [0.4, 0.5) is 0 Å². The summed E-state index contributed by atoms with van der Waals surface area (Å²) in [5.41, 5.74) is 3.62. The van der Waals surface area contributed by atoms with Crippen LogP contribution in [0, 0.1) is 6.92 Å². The predicted molar refractivity (Wildman–Crippen MR) is 27.7 cm³/mol. The Morgan fingerprint density at radius 2 is 2.50 bits per heavy atom. The molecule has 0 aliphatic heterocycles. The van der Waals surface area contributed by atoms with Crippen molar-refractivity contribution >= 4 is 0 Å². The number of hydrogen-bond acceptors (Lipinski definition) is 2. The first-order valence-electron chi connectivity index (χ1n) is 2.50. The van der Waals surface area contributed by atoms with Crippen LogP contribution in [0.25, 0.3) is 0 Å². The highest BCUT2D eigenvalue weighted by Crippen LogP contribution is 1.84. The normalized spacial score (nSPS) is 9.75. The number of hydrogen-bond donors (Lipinski definition) is 2. The zero-order valence-electron chi connectivity index (χ0n) is 4.81. The molecule has 0 amide bonds. The van der Waals surface area contributed by atoms with E-state index in [0.29, 0.717) is 6.54 Å². The van der Waals surface area contributed by atoms with Crippen LogP contribution in [0.3, 0.4) is 0 Å². The van der Waals surface area contributed by atoms with Gasteiger partial charge in [-0.2, -0.15) is 5.10 Å². The maximum Gasteiger partial charge on any atom is 0.205 e. The van der Waals surface area contributed by atoms with Gasteiger partial charge in [-0.25, -0.2) is 4.98 Å². The molecule has 0 saturated carbocycles. The number of aryl methyl sites for hydroxylation is 1. The van der Waals surface area contributed by atoms with Crippen LogP contribution in [-0.2, 0) is 6.54 Å². The second kappa shape index (κ2) is 1.92. The highest BCUT2D eigenvalue weighted by atomic mass is 15.2. The van der Waals surface area contributed by atoms with Crippen LogP contribution in [0.15, 0.2) is 0 Å². The van der Waals surface area contributed by atoms with Gasteiger partial charge in [0.1, 0.15) is 12.4 Å². The lowest BCUT2D eigenvalue weighted by atomic mass is 10.6. The number of aromatic amines is 1. The fourth-order valence-corrected chi connectivity index (χ4v) is 0.501. The summed E-state index contributed by atoms with van der Waals surface area (Å²) in [6.45, 7) is 2.52. The minimum atomic E-state index is 0.657. The Balaban J connectivity index is 2.84. The largest absolute Gasteiger partial charge is 0.351 e. The summed E-state index contributed by atoms with van der Waals surface area (Å²) >= 11 is 0. The lowest BCUT2D eigenvalue weighted by molar-refractivity contribution is -0.388. The zero-order valence-corrected chi connectivity index (χ0v) is 4.81. The van der Waals surface area contributed by atoms with E-state index in [1.165, 1.54) is 0 Å². The Kier molecular flexibility index (Phi) is 1.26. The molecule has 0 bridgehead atoms. The SMILES string of the molecule is Cc1nc(C[NH3+])n[nH]1. The average Bonchev–Trinajstić information content (AvgIpc) is 2.14. The smallest absolute Gasteiger partial charge is 0.205 e. The van der Waals surface area contributed by atoms with Gasteiger partial charge >= 0.3 is 0 Å². The highest BCUT2D eigenvalue weighted by molar-refractivity contribution is 4.83. The molecule has 0 saturated heterocycles. The van der Waals surface area contributed by atoms with Gasteiger partial charge in [0.05, 0.1) is 0 Å². The van der Waals surface area contributed by atoms with Crippen molar-refractivity contribution in [2.24, 2.45) is 0 Å². The van der Waals surface area contributed by atoms with Crippen molar-refractivity contribution in [3.63, 3.8) is 0 Å². The molecule has 0 spiro atoms. The molecule has 1 rings (SSSR count). The van der Waals surface area contributed by atoms with Crippen molar-refractivity contribution in [3.8, 4) is 0 Å². The first-order valence-corrected chi connectivity index (χ1v) is 2.50. The third-order valence-electron chi connectivity index (χ3n) is 0.867. The van der Waals surface area contributed by atoms with Crippen LogP contribution < -0.4 is 5.73 Å². The highest BCUT2D eigenvalue weighted by Gasteiger charge is 1.94. The van der Waals surface area contributed by atoms with Crippen molar-refractivity contribution in [1.29, 1.82) is 0 Å². The maximum atomic E-state index is 4.00. The molecule has 0 aliphatic carbocycles. The van der Waals surface area contributed by atoms with Gasteiger partial charge in [0.2, 0.25) is 5.82 Å². The van der Waals surface area contributed by atoms with Crippen LogP contribution in [0.1, 0.15) is 11.6 Å². The summed E-state index contributed by atoms with van der Waals surface area (Å²) in [5, 5.41) is 6.55. The van der Waals surface area contributed by atoms with E-state index >= 15 is 0 Å². The Morgan fingerprint density at radius 3 is 2.75 bits per heavy atom. The van der Waals surface area contributed by atoms with Crippen molar-refractivity contribution in [2.75, 3.05) is 0 Å². The zero-order chi connectivity index (χ0) is 5.98. The lowest BCUT2D eigenvalue weighted by Gasteiger charge is -1.74. The molecule has 4 N–H and O–H groups in total. The molecule has 8 heavy (non-hydrogen) atoms. The maximum absolute atomic E-state index is 4.00. The first-order chi connectivity index (χ1) is 3.83. The molecule has 0 atom stereocenters. The Hall–Kier alpha value is -0.900. The van der Waals surface area contributed by atoms with E-state index in [0.717, 1.165) is 11.6 Å². The van der Waals surface area contributed by atoms with Crippen LogP contribution >= 0.6 is 0 Å². The number of rotatable bonds is 1. The van der Waals surface area contributed by atoms with E-state index in [4.69, 9.17) is 0 Å².